The smallest absolute Gasteiger partial charge is 0.338 e. The summed E-state index contributed by atoms with van der Waals surface area (Å²) in [5.74, 6) is -1.24. The van der Waals surface area contributed by atoms with Crippen molar-refractivity contribution in [3.05, 3.63) is 71.8 Å². The SMILES string of the molecule is O=C(O[C@H]1C2OCC(OC(=O)c3ccccc3)(CO2)[C@@H]1O)c1ccccc1. The molecule has 2 aromatic rings. The van der Waals surface area contributed by atoms with Gasteiger partial charge in [0, 0.05) is 0 Å². The van der Waals surface area contributed by atoms with Crippen LogP contribution < -0.4 is 0 Å². The summed E-state index contributed by atoms with van der Waals surface area (Å²) in [6.07, 6.45) is -3.29. The van der Waals surface area contributed by atoms with Crippen LogP contribution in [-0.4, -0.2) is 54.4 Å². The van der Waals surface area contributed by atoms with Crippen molar-refractivity contribution in [2.75, 3.05) is 13.2 Å². The second-order valence-electron chi connectivity index (χ2n) is 6.49. The van der Waals surface area contributed by atoms with Crippen LogP contribution in [-0.2, 0) is 18.9 Å². The van der Waals surface area contributed by atoms with Crippen molar-refractivity contribution in [2.45, 2.75) is 24.1 Å². The highest BCUT2D eigenvalue weighted by molar-refractivity contribution is 5.90. The van der Waals surface area contributed by atoms with Gasteiger partial charge in [0.25, 0.3) is 0 Å². The topological polar surface area (TPSA) is 91.3 Å². The second kappa shape index (κ2) is 7.11. The van der Waals surface area contributed by atoms with Gasteiger partial charge in [-0.05, 0) is 24.3 Å². The van der Waals surface area contributed by atoms with E-state index in [4.69, 9.17) is 18.9 Å². The van der Waals surface area contributed by atoms with E-state index in [1.165, 1.54) is 0 Å². The van der Waals surface area contributed by atoms with Gasteiger partial charge < -0.3 is 24.1 Å². The van der Waals surface area contributed by atoms with E-state index in [2.05, 4.69) is 0 Å². The van der Waals surface area contributed by atoms with Crippen LogP contribution in [0.5, 0.6) is 0 Å². The van der Waals surface area contributed by atoms with Crippen molar-refractivity contribution in [1.29, 1.82) is 0 Å². The van der Waals surface area contributed by atoms with Crippen molar-refractivity contribution in [3.8, 4) is 0 Å². The molecule has 3 aliphatic rings. The normalized spacial score (nSPS) is 29.1. The Morgan fingerprint density at radius 1 is 0.889 bits per heavy atom. The highest BCUT2D eigenvalue weighted by Gasteiger charge is 2.60. The van der Waals surface area contributed by atoms with Crippen LogP contribution in [0.3, 0.4) is 0 Å². The lowest BCUT2D eigenvalue weighted by atomic mass is 9.88. The fourth-order valence-corrected chi connectivity index (χ4v) is 3.17. The average molecular weight is 370 g/mol. The monoisotopic (exact) mass is 370 g/mol. The third-order valence-electron chi connectivity index (χ3n) is 4.66. The highest BCUT2D eigenvalue weighted by atomic mass is 16.7. The first-order chi connectivity index (χ1) is 13.1. The fourth-order valence-electron chi connectivity index (χ4n) is 3.17. The van der Waals surface area contributed by atoms with Crippen LogP contribution in [0, 0.1) is 0 Å². The van der Waals surface area contributed by atoms with E-state index in [-0.39, 0.29) is 13.2 Å². The van der Waals surface area contributed by atoms with E-state index in [1.807, 2.05) is 0 Å². The van der Waals surface area contributed by atoms with Gasteiger partial charge in [-0.1, -0.05) is 36.4 Å². The van der Waals surface area contributed by atoms with Crippen LogP contribution in [0.4, 0.5) is 0 Å². The minimum atomic E-state index is -1.44. The zero-order valence-corrected chi connectivity index (χ0v) is 14.3. The summed E-state index contributed by atoms with van der Waals surface area (Å²) >= 11 is 0. The number of hydrogen-bond donors (Lipinski definition) is 1. The minimum absolute atomic E-state index is 0.0448. The predicted molar refractivity (Wildman–Crippen MR) is 91.9 cm³/mol. The van der Waals surface area contributed by atoms with Crippen LogP contribution in [0.15, 0.2) is 60.7 Å². The molecule has 0 radical (unpaired) electrons. The quantitative estimate of drug-likeness (QED) is 0.817. The van der Waals surface area contributed by atoms with Gasteiger partial charge in [-0.2, -0.15) is 0 Å². The largest absolute Gasteiger partial charge is 0.450 e. The van der Waals surface area contributed by atoms with Crippen molar-refractivity contribution in [1.82, 2.24) is 0 Å². The first-order valence-corrected chi connectivity index (χ1v) is 8.55. The molecular weight excluding hydrogens is 352 g/mol. The van der Waals surface area contributed by atoms with Gasteiger partial charge in [0.05, 0.1) is 24.3 Å². The number of aliphatic hydroxyl groups is 1. The number of benzene rings is 2. The van der Waals surface area contributed by atoms with E-state index in [1.54, 1.807) is 60.7 Å². The molecular formula is C20H18O7. The second-order valence-corrected chi connectivity index (χ2v) is 6.49. The van der Waals surface area contributed by atoms with Gasteiger partial charge in [0.2, 0.25) is 0 Å². The Morgan fingerprint density at radius 2 is 1.41 bits per heavy atom. The van der Waals surface area contributed by atoms with Crippen molar-refractivity contribution in [2.24, 2.45) is 0 Å². The molecule has 3 saturated heterocycles. The molecule has 3 heterocycles. The summed E-state index contributed by atoms with van der Waals surface area (Å²) in [7, 11) is 0. The van der Waals surface area contributed by atoms with Crippen molar-refractivity contribution in [3.63, 3.8) is 0 Å². The Labute approximate surface area is 155 Å². The third-order valence-corrected chi connectivity index (χ3v) is 4.66. The molecule has 0 amide bonds. The molecule has 0 spiro atoms. The number of ether oxygens (including phenoxy) is 4. The molecule has 0 unspecified atom stereocenters. The maximum absolute atomic E-state index is 12.4. The fraction of sp³-hybridized carbons (Fsp3) is 0.300. The molecule has 140 valence electrons. The van der Waals surface area contributed by atoms with Gasteiger partial charge in [0.15, 0.2) is 18.0 Å². The van der Waals surface area contributed by atoms with E-state index >= 15 is 0 Å². The molecule has 0 aliphatic carbocycles. The summed E-state index contributed by atoms with van der Waals surface area (Å²) in [6.45, 7) is -0.0897. The van der Waals surface area contributed by atoms with Gasteiger partial charge in [0.1, 0.15) is 6.10 Å². The summed E-state index contributed by atoms with van der Waals surface area (Å²) < 4.78 is 22.0. The highest BCUT2D eigenvalue weighted by Crippen LogP contribution is 2.37. The minimum Gasteiger partial charge on any atom is -0.450 e. The molecule has 7 nitrogen and oxygen atoms in total. The Kier molecular flexibility index (Phi) is 4.65. The van der Waals surface area contributed by atoms with E-state index in [9.17, 15) is 14.7 Å². The van der Waals surface area contributed by atoms with Gasteiger partial charge in [-0.25, -0.2) is 9.59 Å². The van der Waals surface area contributed by atoms with Gasteiger partial charge in [-0.15, -0.1) is 0 Å². The Hall–Kier alpha value is -2.74. The number of carbonyl (C=O) groups excluding carboxylic acids is 2. The first-order valence-electron chi connectivity index (χ1n) is 8.55. The lowest BCUT2D eigenvalue weighted by Crippen LogP contribution is -2.71. The zero-order chi connectivity index (χ0) is 18.9. The number of hydrogen-bond acceptors (Lipinski definition) is 7. The number of rotatable bonds is 4. The molecule has 0 aromatic heterocycles. The molecule has 5 rings (SSSR count). The van der Waals surface area contributed by atoms with Crippen LogP contribution >= 0.6 is 0 Å². The van der Waals surface area contributed by atoms with Crippen LogP contribution in [0.1, 0.15) is 20.7 Å². The third kappa shape index (κ3) is 3.32. The van der Waals surface area contributed by atoms with Crippen molar-refractivity contribution >= 4 is 11.9 Å². The number of esters is 2. The standard InChI is InChI=1S/C20H18O7/c21-16-15(26-17(22)13-7-3-1-4-8-13)19-24-11-20(16,12-25-19)27-18(23)14-9-5-2-6-10-14/h1-10,15-16,19,21H,11-12H2/t15-,16-,19?,20?/m1/s1. The predicted octanol–water partition coefficient (Wildman–Crippen LogP) is 1.56. The molecule has 3 fully saturated rings. The summed E-state index contributed by atoms with van der Waals surface area (Å²) in [4.78, 5) is 24.8. The molecule has 27 heavy (non-hydrogen) atoms. The molecule has 1 N–H and O–H groups in total. The molecule has 0 saturated carbocycles. The molecule has 2 bridgehead atoms. The Morgan fingerprint density at radius 3 is 1.96 bits per heavy atom. The lowest BCUT2D eigenvalue weighted by Gasteiger charge is -2.51. The van der Waals surface area contributed by atoms with Crippen molar-refractivity contribution < 1.29 is 33.6 Å². The van der Waals surface area contributed by atoms with E-state index < -0.39 is 36.0 Å². The lowest BCUT2D eigenvalue weighted by molar-refractivity contribution is -0.358. The summed E-state index contributed by atoms with van der Waals surface area (Å²) in [5, 5.41) is 10.8. The van der Waals surface area contributed by atoms with E-state index in [0.29, 0.717) is 11.1 Å². The van der Waals surface area contributed by atoms with E-state index in [0.717, 1.165) is 0 Å². The van der Waals surface area contributed by atoms with Gasteiger partial charge >= 0.3 is 11.9 Å². The number of fused-ring (bicyclic) bond motifs is 3. The molecule has 7 heteroatoms. The van der Waals surface area contributed by atoms with Crippen LogP contribution in [0.2, 0.25) is 0 Å². The average Bonchev–Trinajstić information content (AvgIpc) is 2.72. The van der Waals surface area contributed by atoms with Gasteiger partial charge in [-0.3, -0.25) is 0 Å². The molecule has 2 aromatic carbocycles. The van der Waals surface area contributed by atoms with Crippen LogP contribution in [0.25, 0.3) is 0 Å². The first kappa shape index (κ1) is 17.7. The summed E-state index contributed by atoms with van der Waals surface area (Å²) in [6, 6.07) is 16.8. The maximum Gasteiger partial charge on any atom is 0.338 e. The summed E-state index contributed by atoms with van der Waals surface area (Å²) in [5.41, 5.74) is -0.769. The zero-order valence-electron chi connectivity index (χ0n) is 14.3. The Balaban J connectivity index is 1.51. The number of carbonyl (C=O) groups is 2. The Bertz CT molecular complexity index is 813. The number of aliphatic hydroxyl groups excluding tert-OH is 1. The maximum atomic E-state index is 12.4. The molecule has 2 atom stereocenters. The molecule has 3 aliphatic heterocycles.